The molecule has 0 spiro atoms. The number of fused-ring (bicyclic) bond motifs is 7. The van der Waals surface area contributed by atoms with Gasteiger partial charge in [-0.15, -0.1) is 0 Å². The molecule has 5 aliphatic carbocycles. The standard InChI is InChI=1S/C32H52O3/c1-19-12-14-29(6)16-17-31(8)22(26(29)20(19)2)10-11-24-30(7)15-13-25(35-21(3)33)28(4,5)27(30)23(34)18-32(24,31)9/h12,20,22-27,34H,10-11,13-18H2,1-9H3/t20-,22-,23-,24-,25-,26-,27-,29-,30-,31-,32-/m1/s1. The molecule has 3 nitrogen and oxygen atoms in total. The van der Waals surface area contributed by atoms with Crippen molar-refractivity contribution >= 4 is 5.97 Å². The fourth-order valence-electron chi connectivity index (χ4n) is 11.8. The van der Waals surface area contributed by atoms with Gasteiger partial charge in [0.15, 0.2) is 0 Å². The molecule has 0 bridgehead atoms. The number of ether oxygens (including phenoxy) is 1. The lowest BCUT2D eigenvalue weighted by Crippen LogP contribution is -2.70. The lowest BCUT2D eigenvalue weighted by molar-refractivity contribution is -0.278. The van der Waals surface area contributed by atoms with Crippen LogP contribution >= 0.6 is 0 Å². The molecule has 0 aliphatic heterocycles. The summed E-state index contributed by atoms with van der Waals surface area (Å²) < 4.78 is 5.85. The van der Waals surface area contributed by atoms with Crippen molar-refractivity contribution in [2.45, 2.75) is 126 Å². The van der Waals surface area contributed by atoms with Crippen LogP contribution in [0.1, 0.15) is 114 Å². The van der Waals surface area contributed by atoms with Crippen LogP contribution in [0.15, 0.2) is 11.6 Å². The van der Waals surface area contributed by atoms with Crippen molar-refractivity contribution in [2.24, 2.45) is 56.7 Å². The number of carbonyl (C=O) groups is 1. The van der Waals surface area contributed by atoms with Crippen molar-refractivity contribution < 1.29 is 14.6 Å². The lowest BCUT2D eigenvalue weighted by Gasteiger charge is -2.74. The fourth-order valence-corrected chi connectivity index (χ4v) is 11.8. The highest BCUT2D eigenvalue weighted by Gasteiger charge is 2.71. The van der Waals surface area contributed by atoms with Gasteiger partial charge in [0.25, 0.3) is 0 Å². The average Bonchev–Trinajstić information content (AvgIpc) is 2.74. The van der Waals surface area contributed by atoms with E-state index in [1.165, 1.54) is 39.0 Å². The van der Waals surface area contributed by atoms with E-state index < -0.39 is 0 Å². The number of hydrogen-bond donors (Lipinski definition) is 1. The third-order valence-electron chi connectivity index (χ3n) is 13.7. The molecule has 5 aliphatic rings. The minimum Gasteiger partial charge on any atom is -0.462 e. The van der Waals surface area contributed by atoms with E-state index in [1.54, 1.807) is 5.57 Å². The Hall–Kier alpha value is -0.830. The summed E-state index contributed by atoms with van der Waals surface area (Å²) in [6.07, 6.45) is 11.4. The summed E-state index contributed by atoms with van der Waals surface area (Å²) in [6.45, 7) is 21.2. The summed E-state index contributed by atoms with van der Waals surface area (Å²) >= 11 is 0. The van der Waals surface area contributed by atoms with Gasteiger partial charge in [-0.05, 0) is 110 Å². The van der Waals surface area contributed by atoms with Crippen molar-refractivity contribution in [2.75, 3.05) is 0 Å². The molecular weight excluding hydrogens is 432 g/mol. The van der Waals surface area contributed by atoms with Crippen LogP contribution in [-0.4, -0.2) is 23.3 Å². The number of hydrogen-bond acceptors (Lipinski definition) is 3. The summed E-state index contributed by atoms with van der Waals surface area (Å²) in [5, 5.41) is 12.0. The summed E-state index contributed by atoms with van der Waals surface area (Å²) in [6, 6.07) is 0. The molecule has 0 aromatic carbocycles. The molecular formula is C32H52O3. The normalized spacial score (nSPS) is 54.9. The second-order valence-electron chi connectivity index (χ2n) is 15.4. The second kappa shape index (κ2) is 7.84. The van der Waals surface area contributed by atoms with Crippen LogP contribution in [0.2, 0.25) is 0 Å². The van der Waals surface area contributed by atoms with Gasteiger partial charge in [-0.2, -0.15) is 0 Å². The Labute approximate surface area is 214 Å². The number of esters is 1. The van der Waals surface area contributed by atoms with Gasteiger partial charge in [0.1, 0.15) is 6.10 Å². The van der Waals surface area contributed by atoms with Crippen molar-refractivity contribution in [1.29, 1.82) is 0 Å². The average molecular weight is 485 g/mol. The largest absolute Gasteiger partial charge is 0.462 e. The van der Waals surface area contributed by atoms with E-state index in [2.05, 4.69) is 61.5 Å². The Balaban J connectivity index is 1.54. The minimum absolute atomic E-state index is 0.0787. The predicted molar refractivity (Wildman–Crippen MR) is 142 cm³/mol. The lowest BCUT2D eigenvalue weighted by atomic mass is 9.31. The maximum Gasteiger partial charge on any atom is 0.302 e. The Kier molecular flexibility index (Phi) is 5.78. The molecule has 0 radical (unpaired) electrons. The Morgan fingerprint density at radius 1 is 1.00 bits per heavy atom. The van der Waals surface area contributed by atoms with E-state index in [9.17, 15) is 9.90 Å². The molecule has 35 heavy (non-hydrogen) atoms. The number of aliphatic hydroxyl groups is 1. The highest BCUT2D eigenvalue weighted by Crippen LogP contribution is 2.76. The van der Waals surface area contributed by atoms with Crippen LogP contribution in [0.5, 0.6) is 0 Å². The van der Waals surface area contributed by atoms with Crippen LogP contribution in [0, 0.1) is 56.7 Å². The first-order valence-corrected chi connectivity index (χ1v) is 14.6. The van der Waals surface area contributed by atoms with E-state index in [0.717, 1.165) is 31.1 Å². The molecule has 0 unspecified atom stereocenters. The third-order valence-corrected chi connectivity index (χ3v) is 13.7. The molecule has 0 aromatic rings. The quantitative estimate of drug-likeness (QED) is 0.308. The van der Waals surface area contributed by atoms with E-state index in [4.69, 9.17) is 4.74 Å². The zero-order valence-electron chi connectivity index (χ0n) is 24.0. The van der Waals surface area contributed by atoms with Crippen LogP contribution in [-0.2, 0) is 9.53 Å². The summed E-state index contributed by atoms with van der Waals surface area (Å²) in [5.41, 5.74) is 2.29. The predicted octanol–water partition coefficient (Wildman–Crippen LogP) is 7.57. The highest BCUT2D eigenvalue weighted by atomic mass is 16.5. The van der Waals surface area contributed by atoms with Crippen LogP contribution < -0.4 is 0 Å². The van der Waals surface area contributed by atoms with Gasteiger partial charge < -0.3 is 9.84 Å². The van der Waals surface area contributed by atoms with Gasteiger partial charge in [-0.25, -0.2) is 0 Å². The SMILES string of the molecule is CC(=O)O[C@@H]1CC[C@@]2(C)[C@H]([C@H](O)C[C@]3(C)[C@@H]2CC[C@@H]2[C@H]4[C@H](C)C(C)=CC[C@]4(C)CC[C@]23C)C1(C)C. The molecule has 3 heteroatoms. The van der Waals surface area contributed by atoms with Crippen LogP contribution in [0.3, 0.4) is 0 Å². The van der Waals surface area contributed by atoms with Gasteiger partial charge in [-0.1, -0.05) is 60.1 Å². The molecule has 0 saturated heterocycles. The van der Waals surface area contributed by atoms with Crippen molar-refractivity contribution in [3.8, 4) is 0 Å². The van der Waals surface area contributed by atoms with E-state index >= 15 is 0 Å². The monoisotopic (exact) mass is 484 g/mol. The van der Waals surface area contributed by atoms with Gasteiger partial charge >= 0.3 is 5.97 Å². The first-order valence-electron chi connectivity index (χ1n) is 14.6. The van der Waals surface area contributed by atoms with Crippen molar-refractivity contribution in [3.05, 3.63) is 11.6 Å². The smallest absolute Gasteiger partial charge is 0.302 e. The number of aliphatic hydroxyl groups excluding tert-OH is 1. The summed E-state index contributed by atoms with van der Waals surface area (Å²) in [7, 11) is 0. The molecule has 0 aromatic heterocycles. The van der Waals surface area contributed by atoms with E-state index in [1.807, 2.05) is 0 Å². The van der Waals surface area contributed by atoms with Crippen LogP contribution in [0.25, 0.3) is 0 Å². The maximum atomic E-state index is 12.0. The van der Waals surface area contributed by atoms with Gasteiger partial charge in [0.05, 0.1) is 6.10 Å². The summed E-state index contributed by atoms with van der Waals surface area (Å²) in [4.78, 5) is 11.9. The molecule has 0 amide bonds. The maximum absolute atomic E-state index is 12.0. The Morgan fingerprint density at radius 2 is 1.69 bits per heavy atom. The van der Waals surface area contributed by atoms with Crippen molar-refractivity contribution in [3.63, 3.8) is 0 Å². The first kappa shape index (κ1) is 25.8. The first-order chi connectivity index (χ1) is 16.1. The molecule has 5 rings (SSSR count). The molecule has 4 saturated carbocycles. The van der Waals surface area contributed by atoms with Gasteiger partial charge in [-0.3, -0.25) is 4.79 Å². The Morgan fingerprint density at radius 3 is 2.34 bits per heavy atom. The van der Waals surface area contributed by atoms with E-state index in [-0.39, 0.29) is 45.8 Å². The zero-order chi connectivity index (χ0) is 25.8. The van der Waals surface area contributed by atoms with Gasteiger partial charge in [0, 0.05) is 12.3 Å². The molecule has 0 heterocycles. The molecule has 11 atom stereocenters. The number of rotatable bonds is 1. The second-order valence-corrected chi connectivity index (χ2v) is 15.4. The Bertz CT molecular complexity index is 920. The topological polar surface area (TPSA) is 46.5 Å². The molecule has 4 fully saturated rings. The van der Waals surface area contributed by atoms with Crippen molar-refractivity contribution in [1.82, 2.24) is 0 Å². The molecule has 1 N–H and O–H groups in total. The van der Waals surface area contributed by atoms with Gasteiger partial charge in [0.2, 0.25) is 0 Å². The minimum atomic E-state index is -0.344. The number of carbonyl (C=O) groups excluding carboxylic acids is 1. The third kappa shape index (κ3) is 3.28. The highest BCUT2D eigenvalue weighted by molar-refractivity contribution is 5.66. The zero-order valence-corrected chi connectivity index (χ0v) is 24.0. The van der Waals surface area contributed by atoms with E-state index in [0.29, 0.717) is 17.3 Å². The summed E-state index contributed by atoms with van der Waals surface area (Å²) in [5.74, 6) is 2.74. The molecule has 198 valence electrons. The fraction of sp³-hybridized carbons (Fsp3) is 0.906. The number of allylic oxidation sites excluding steroid dienone is 2. The van der Waals surface area contributed by atoms with Crippen LogP contribution in [0.4, 0.5) is 0 Å².